The molecule has 0 unspecified atom stereocenters. The summed E-state index contributed by atoms with van der Waals surface area (Å²) in [5.74, 6) is -6.97. The number of aromatic hydroxyl groups is 1. The summed E-state index contributed by atoms with van der Waals surface area (Å²) in [6, 6.07) is 21.5. The Labute approximate surface area is 359 Å². The van der Waals surface area contributed by atoms with Crippen molar-refractivity contribution in [2.45, 2.75) is 55.8 Å². The number of hydrogen-bond acceptors (Lipinski definition) is 9. The largest absolute Gasteiger partial charge is 0.508 e. The molecule has 4 fully saturated rings. The van der Waals surface area contributed by atoms with E-state index in [0.717, 1.165) is 11.6 Å². The number of hydrogen-bond donors (Lipinski definition) is 2. The zero-order chi connectivity index (χ0) is 43.0. The number of nitrogens with zero attached hydrogens (tertiary/aromatic N) is 4. The van der Waals surface area contributed by atoms with Crippen LogP contribution in [0.2, 0.25) is 10.0 Å². The van der Waals surface area contributed by atoms with E-state index in [1.807, 2.05) is 24.3 Å². The van der Waals surface area contributed by atoms with Gasteiger partial charge in [-0.25, -0.2) is 4.98 Å². The summed E-state index contributed by atoms with van der Waals surface area (Å²) in [5.41, 5.74) is 2.13. The van der Waals surface area contributed by atoms with Crippen molar-refractivity contribution in [1.29, 1.82) is 0 Å². The van der Waals surface area contributed by atoms with Gasteiger partial charge >= 0.3 is 6.18 Å². The number of carbonyl (C=O) groups is 4. The van der Waals surface area contributed by atoms with Gasteiger partial charge in [0.15, 0.2) is 5.82 Å². The van der Waals surface area contributed by atoms with E-state index < -0.39 is 63.6 Å². The Hall–Kier alpha value is -5.44. The molecular formula is C45H40Cl2F3N5O6. The quantitative estimate of drug-likeness (QED) is 0.135. The number of nitrogens with one attached hydrogen (secondary N) is 1. The van der Waals surface area contributed by atoms with Gasteiger partial charge in [0, 0.05) is 54.4 Å². The predicted molar refractivity (Wildman–Crippen MR) is 218 cm³/mol. The van der Waals surface area contributed by atoms with E-state index in [1.165, 1.54) is 23.6 Å². The lowest BCUT2D eigenvalue weighted by atomic mass is 9.49. The Kier molecular flexibility index (Phi) is 10.4. The first kappa shape index (κ1) is 40.9. The number of piperidine rings is 1. The van der Waals surface area contributed by atoms with Crippen LogP contribution in [0.25, 0.3) is 0 Å². The number of hydrazine groups is 1. The molecule has 0 spiro atoms. The summed E-state index contributed by atoms with van der Waals surface area (Å²) in [7, 11) is 1.44. The average Bonchev–Trinajstić information content (AvgIpc) is 3.62. The third-order valence-corrected chi connectivity index (χ3v) is 13.9. The van der Waals surface area contributed by atoms with Gasteiger partial charge in [-0.2, -0.15) is 18.2 Å². The summed E-state index contributed by atoms with van der Waals surface area (Å²) in [4.78, 5) is 67.2. The second-order valence-electron chi connectivity index (χ2n) is 16.4. The van der Waals surface area contributed by atoms with E-state index in [2.05, 4.69) is 27.4 Å². The van der Waals surface area contributed by atoms with E-state index in [0.29, 0.717) is 60.1 Å². The maximum atomic E-state index is 15.4. The zero-order valence-electron chi connectivity index (χ0n) is 32.7. The van der Waals surface area contributed by atoms with E-state index >= 15 is 4.79 Å². The standard InChI is InChI=1S/C45H40Cl2F3N5O6/c1-61-29-11-12-31(36(56)20-29)38-30-13-14-32-37(42(59)54(40(32)57)28-15-17-53(18-16-28)23-24-5-3-2-4-6-24)33(30)21-34-41(58)55(43(60)44(34,38)25-7-9-27(46)10-8-25)52-39-35(47)19-26(22-51-39)45(48,49)50/h2-13,19-20,22,28,32-34,37-38,56H,14-18,21,23H2,1H3,(H,51,52)/t32-,33+,34-,37-,38+,44+/m0/s1. The number of phenolic OH excluding ortho intramolecular Hbond substituents is 1. The van der Waals surface area contributed by atoms with Gasteiger partial charge in [-0.05, 0) is 67.0 Å². The second kappa shape index (κ2) is 15.5. The number of alkyl halides is 3. The number of ether oxygens (including phenoxy) is 1. The number of carbonyl (C=O) groups excluding carboxylic acids is 4. The molecule has 61 heavy (non-hydrogen) atoms. The number of aromatic nitrogens is 1. The highest BCUT2D eigenvalue weighted by Gasteiger charge is 2.71. The Morgan fingerprint density at radius 2 is 1.64 bits per heavy atom. The van der Waals surface area contributed by atoms with Crippen molar-refractivity contribution in [3.63, 3.8) is 0 Å². The van der Waals surface area contributed by atoms with Gasteiger partial charge in [-0.15, -0.1) is 0 Å². The molecule has 1 saturated carbocycles. The van der Waals surface area contributed by atoms with Gasteiger partial charge in [0.25, 0.3) is 11.8 Å². The van der Waals surface area contributed by atoms with Crippen LogP contribution in [0, 0.1) is 23.7 Å². The highest BCUT2D eigenvalue weighted by atomic mass is 35.5. The fourth-order valence-electron chi connectivity index (χ4n) is 10.6. The number of amides is 4. The van der Waals surface area contributed by atoms with Gasteiger partial charge in [-0.3, -0.25) is 34.4 Å². The number of halogens is 5. The number of benzene rings is 3. The highest BCUT2D eigenvalue weighted by Crippen LogP contribution is 2.65. The third-order valence-electron chi connectivity index (χ3n) is 13.3. The van der Waals surface area contributed by atoms with Crippen LogP contribution in [0.4, 0.5) is 19.0 Å². The number of methoxy groups -OCH3 is 1. The molecule has 3 saturated heterocycles. The molecule has 3 aliphatic heterocycles. The molecule has 0 radical (unpaired) electrons. The van der Waals surface area contributed by atoms with E-state index in [4.69, 9.17) is 27.9 Å². The third kappa shape index (κ3) is 6.74. The summed E-state index contributed by atoms with van der Waals surface area (Å²) < 4.78 is 46.1. The minimum Gasteiger partial charge on any atom is -0.508 e. The molecule has 2 aliphatic carbocycles. The molecule has 2 N–H and O–H groups in total. The first-order chi connectivity index (χ1) is 29.2. The SMILES string of the molecule is COc1ccc([C@H]2C3=CC[C@@H]4C(=O)N(C5CCN(Cc6ccccc6)CC5)C(=O)[C@@H]4[C@@H]3C[C@H]3C(=O)N(Nc4ncc(C(F)(F)F)cc4Cl)C(=O)[C@@]23c2ccc(Cl)cc2)c(O)c1. The van der Waals surface area contributed by atoms with Crippen molar-refractivity contribution in [2.75, 3.05) is 25.6 Å². The summed E-state index contributed by atoms with van der Waals surface area (Å²) in [5, 5.41) is 12.4. The molecule has 316 valence electrons. The minimum absolute atomic E-state index is 0.0393. The molecule has 6 atom stereocenters. The fourth-order valence-corrected chi connectivity index (χ4v) is 10.9. The van der Waals surface area contributed by atoms with Gasteiger partial charge in [0.1, 0.15) is 11.5 Å². The zero-order valence-corrected chi connectivity index (χ0v) is 34.3. The van der Waals surface area contributed by atoms with Crippen LogP contribution in [0.3, 0.4) is 0 Å². The van der Waals surface area contributed by atoms with Crippen molar-refractivity contribution < 1.29 is 42.2 Å². The Bertz CT molecular complexity index is 2460. The molecule has 0 bridgehead atoms. The summed E-state index contributed by atoms with van der Waals surface area (Å²) >= 11 is 12.7. The number of allylic oxidation sites excluding steroid dienone is 2. The number of likely N-dealkylation sites (tertiary alicyclic amines) is 2. The van der Waals surface area contributed by atoms with Gasteiger partial charge in [0.2, 0.25) is 11.8 Å². The number of pyridine rings is 1. The summed E-state index contributed by atoms with van der Waals surface area (Å²) in [6.45, 7) is 2.15. The van der Waals surface area contributed by atoms with Crippen molar-refractivity contribution in [2.24, 2.45) is 23.7 Å². The molecular weight excluding hydrogens is 834 g/mol. The predicted octanol–water partition coefficient (Wildman–Crippen LogP) is 7.77. The molecule has 4 amide bonds. The normalized spacial score (nSPS) is 26.9. The van der Waals surface area contributed by atoms with Crippen LogP contribution in [0.5, 0.6) is 11.5 Å². The first-order valence-corrected chi connectivity index (χ1v) is 20.8. The first-order valence-electron chi connectivity index (χ1n) is 20.1. The molecule has 11 nitrogen and oxygen atoms in total. The van der Waals surface area contributed by atoms with Crippen molar-refractivity contribution in [1.82, 2.24) is 19.8 Å². The number of imide groups is 2. The van der Waals surface area contributed by atoms with Crippen molar-refractivity contribution in [3.8, 4) is 11.5 Å². The highest BCUT2D eigenvalue weighted by molar-refractivity contribution is 6.33. The lowest BCUT2D eigenvalue weighted by Gasteiger charge is -2.50. The topological polar surface area (TPSA) is 132 Å². The van der Waals surface area contributed by atoms with Crippen molar-refractivity contribution in [3.05, 3.63) is 129 Å². The molecule has 4 heterocycles. The second-order valence-corrected chi connectivity index (χ2v) is 17.2. The fraction of sp³-hybridized carbons (Fsp3) is 0.356. The van der Waals surface area contributed by atoms with Crippen molar-refractivity contribution >= 4 is 52.6 Å². The minimum atomic E-state index is -4.76. The number of fused-ring (bicyclic) bond motifs is 4. The van der Waals surface area contributed by atoms with E-state index in [9.17, 15) is 32.7 Å². The number of anilines is 1. The average molecular weight is 875 g/mol. The molecule has 9 rings (SSSR count). The van der Waals surface area contributed by atoms with Crippen LogP contribution in [0.1, 0.15) is 53.9 Å². The Balaban J connectivity index is 1.12. The monoisotopic (exact) mass is 873 g/mol. The van der Waals surface area contributed by atoms with Gasteiger partial charge in [0.05, 0.1) is 40.9 Å². The maximum absolute atomic E-state index is 15.4. The van der Waals surface area contributed by atoms with Crippen LogP contribution in [-0.2, 0) is 37.3 Å². The van der Waals surface area contributed by atoms with Crippen LogP contribution < -0.4 is 10.2 Å². The molecule has 1 aromatic heterocycles. The van der Waals surface area contributed by atoms with E-state index in [-0.39, 0.29) is 47.8 Å². The molecule has 5 aliphatic rings. The number of phenols is 1. The van der Waals surface area contributed by atoms with E-state index in [1.54, 1.807) is 36.4 Å². The molecule has 4 aromatic rings. The summed E-state index contributed by atoms with van der Waals surface area (Å²) in [6.07, 6.45) is -0.975. The van der Waals surface area contributed by atoms with Crippen LogP contribution in [-0.4, -0.2) is 74.8 Å². The van der Waals surface area contributed by atoms with Gasteiger partial charge in [-0.1, -0.05) is 83.4 Å². The Morgan fingerprint density at radius 1 is 0.918 bits per heavy atom. The Morgan fingerprint density at radius 3 is 2.30 bits per heavy atom. The smallest absolute Gasteiger partial charge is 0.417 e. The maximum Gasteiger partial charge on any atom is 0.417 e. The molecule has 3 aromatic carbocycles. The van der Waals surface area contributed by atoms with Gasteiger partial charge < -0.3 is 9.84 Å². The lowest BCUT2D eigenvalue weighted by Crippen LogP contribution is -2.53. The van der Waals surface area contributed by atoms with Crippen LogP contribution in [0.15, 0.2) is 96.7 Å². The molecule has 16 heteroatoms. The number of rotatable bonds is 8. The lowest BCUT2D eigenvalue weighted by molar-refractivity contribution is -0.144. The van der Waals surface area contributed by atoms with Crippen LogP contribution >= 0.6 is 23.2 Å².